The van der Waals surface area contributed by atoms with Gasteiger partial charge in [0.15, 0.2) is 6.17 Å². The molecule has 1 atom stereocenters. The number of rotatable bonds is 6. The molecule has 4 saturated heterocycles. The van der Waals surface area contributed by atoms with E-state index in [2.05, 4.69) is 28.3 Å². The van der Waals surface area contributed by atoms with Gasteiger partial charge in [-0.3, -0.25) is 13.9 Å². The number of alkyl halides is 3. The van der Waals surface area contributed by atoms with Crippen molar-refractivity contribution in [2.75, 3.05) is 53.1 Å². The van der Waals surface area contributed by atoms with Crippen molar-refractivity contribution in [3.8, 4) is 5.69 Å². The Balaban J connectivity index is 1.13. The summed E-state index contributed by atoms with van der Waals surface area (Å²) in [4.78, 5) is 18.3. The number of fused-ring (bicyclic) bond motifs is 1. The van der Waals surface area contributed by atoms with Gasteiger partial charge in [-0.25, -0.2) is 14.3 Å². The third kappa shape index (κ3) is 4.74. The number of benzene rings is 1. The first-order valence-corrected chi connectivity index (χ1v) is 16.2. The van der Waals surface area contributed by atoms with Crippen LogP contribution in [-0.4, -0.2) is 82.6 Å². The topological polar surface area (TPSA) is 54.2 Å². The second-order valence-corrected chi connectivity index (χ2v) is 14.4. The molecule has 1 aromatic carbocycles. The van der Waals surface area contributed by atoms with Crippen molar-refractivity contribution in [2.45, 2.75) is 69.2 Å². The van der Waals surface area contributed by atoms with Gasteiger partial charge in [-0.1, -0.05) is 12.1 Å². The second-order valence-electron chi connectivity index (χ2n) is 14.4. The first kappa shape index (κ1) is 28.8. The summed E-state index contributed by atoms with van der Waals surface area (Å²) in [5.74, 6) is 0. The molecular weight excluding hydrogens is 569 g/mol. The van der Waals surface area contributed by atoms with E-state index in [1.54, 1.807) is 6.20 Å². The normalized spacial score (nSPS) is 26.1. The van der Waals surface area contributed by atoms with Crippen LogP contribution in [0.3, 0.4) is 0 Å². The largest absolute Gasteiger partial charge is 0.418 e. The molecule has 11 heteroatoms. The molecule has 4 aliphatic heterocycles. The van der Waals surface area contributed by atoms with Crippen molar-refractivity contribution in [1.29, 1.82) is 0 Å². The molecule has 3 aromatic rings. The Kier molecular flexibility index (Phi) is 6.63. The average molecular weight is 612 g/mol. The van der Waals surface area contributed by atoms with Crippen LogP contribution >= 0.6 is 0 Å². The molecule has 2 spiro atoms. The Hall–Kier alpha value is -2.70. The Bertz CT molecular complexity index is 1620. The van der Waals surface area contributed by atoms with Crippen LogP contribution in [0.2, 0.25) is 0 Å². The van der Waals surface area contributed by atoms with E-state index in [0.717, 1.165) is 49.4 Å². The standard InChI is InChI=1S/C33H42F3N6O2/c1-38-23-37-42(11-4-2-3-5-12-42)29(38)15-32(21-44-22-32)25-7-6-8-26(14-25)40-18-28-27(33(34,35)36)13-24(17-41(28)30(40)43)16-39-19-31(20-39)9-10-31/h6-8,13-14,17-18,29,37H,2-5,9-12,15-16,19-23H2,1H3/q+1. The van der Waals surface area contributed by atoms with Crippen LogP contribution in [0.15, 0.2) is 47.5 Å². The monoisotopic (exact) mass is 611 g/mol. The molecule has 1 unspecified atom stereocenters. The van der Waals surface area contributed by atoms with Crippen LogP contribution in [-0.2, 0) is 22.9 Å². The number of nitrogens with zero attached hydrogens (tertiary/aromatic N) is 5. The zero-order chi connectivity index (χ0) is 30.3. The van der Waals surface area contributed by atoms with Crippen LogP contribution in [0.1, 0.15) is 61.6 Å². The molecule has 0 amide bonds. The molecular formula is C33H42F3N6O2+. The number of aromatic nitrogens is 2. The summed E-state index contributed by atoms with van der Waals surface area (Å²) in [6.07, 6.45) is 6.96. The minimum atomic E-state index is -4.57. The van der Waals surface area contributed by atoms with Crippen LogP contribution in [0, 0.1) is 5.41 Å². The van der Waals surface area contributed by atoms with Gasteiger partial charge in [0, 0.05) is 43.9 Å². The fourth-order valence-electron chi connectivity index (χ4n) is 8.48. The fourth-order valence-corrected chi connectivity index (χ4v) is 8.48. The summed E-state index contributed by atoms with van der Waals surface area (Å²) in [6, 6.07) is 9.03. The van der Waals surface area contributed by atoms with Crippen molar-refractivity contribution >= 4 is 5.52 Å². The lowest BCUT2D eigenvalue weighted by Gasteiger charge is -2.47. The maximum absolute atomic E-state index is 14.3. The number of quaternary nitrogens is 1. The number of halogens is 3. The van der Waals surface area contributed by atoms with Crippen molar-refractivity contribution in [2.24, 2.45) is 5.41 Å². The number of nitrogens with one attached hydrogen (secondary N) is 1. The number of imidazole rings is 1. The molecule has 8 nitrogen and oxygen atoms in total. The van der Waals surface area contributed by atoms with E-state index in [9.17, 15) is 18.0 Å². The van der Waals surface area contributed by atoms with E-state index in [1.807, 2.05) is 18.2 Å². The number of hydrogen-bond acceptors (Lipinski definition) is 5. The predicted molar refractivity (Wildman–Crippen MR) is 160 cm³/mol. The minimum absolute atomic E-state index is 0.119. The van der Waals surface area contributed by atoms with Gasteiger partial charge < -0.3 is 4.74 Å². The van der Waals surface area contributed by atoms with Crippen LogP contribution < -0.4 is 11.1 Å². The summed E-state index contributed by atoms with van der Waals surface area (Å²) < 4.78 is 52.3. The maximum atomic E-state index is 14.3. The number of hydrogen-bond donors (Lipinski definition) is 1. The molecule has 0 radical (unpaired) electrons. The van der Waals surface area contributed by atoms with E-state index in [4.69, 9.17) is 4.74 Å². The van der Waals surface area contributed by atoms with E-state index in [1.165, 1.54) is 59.8 Å². The Morgan fingerprint density at radius 1 is 1.05 bits per heavy atom. The van der Waals surface area contributed by atoms with Crippen molar-refractivity contribution in [1.82, 2.24) is 24.2 Å². The highest BCUT2D eigenvalue weighted by molar-refractivity contribution is 5.58. The summed E-state index contributed by atoms with van der Waals surface area (Å²) >= 11 is 0. The van der Waals surface area contributed by atoms with E-state index in [0.29, 0.717) is 42.6 Å². The Morgan fingerprint density at radius 3 is 2.45 bits per heavy atom. The third-order valence-corrected chi connectivity index (χ3v) is 11.3. The zero-order valence-electron chi connectivity index (χ0n) is 25.4. The lowest BCUT2D eigenvalue weighted by atomic mass is 9.74. The number of pyridine rings is 1. The molecule has 5 aliphatic rings. The van der Waals surface area contributed by atoms with E-state index < -0.39 is 17.4 Å². The molecule has 8 rings (SSSR count). The van der Waals surface area contributed by atoms with Crippen LogP contribution in [0.5, 0.6) is 0 Å². The van der Waals surface area contributed by atoms with Crippen LogP contribution in [0.25, 0.3) is 11.2 Å². The highest BCUT2D eigenvalue weighted by Crippen LogP contribution is 2.53. The van der Waals surface area contributed by atoms with Gasteiger partial charge in [0.2, 0.25) is 0 Å². The first-order chi connectivity index (χ1) is 21.1. The average Bonchev–Trinajstić information content (AvgIpc) is 3.66. The zero-order valence-corrected chi connectivity index (χ0v) is 25.4. The summed E-state index contributed by atoms with van der Waals surface area (Å²) in [7, 11) is 2.18. The molecule has 236 valence electrons. The van der Waals surface area contributed by atoms with Crippen molar-refractivity contribution < 1.29 is 22.5 Å². The van der Waals surface area contributed by atoms with Gasteiger partial charge in [-0.2, -0.15) is 18.6 Å². The molecule has 2 aromatic heterocycles. The van der Waals surface area contributed by atoms with Gasteiger partial charge in [0.05, 0.1) is 43.1 Å². The molecule has 44 heavy (non-hydrogen) atoms. The molecule has 0 bridgehead atoms. The van der Waals surface area contributed by atoms with Crippen molar-refractivity contribution in [3.63, 3.8) is 0 Å². The Labute approximate surface area is 255 Å². The van der Waals surface area contributed by atoms with Gasteiger partial charge in [-0.15, -0.1) is 0 Å². The summed E-state index contributed by atoms with van der Waals surface area (Å²) in [5, 5.41) is 0. The quantitative estimate of drug-likeness (QED) is 0.417. The lowest BCUT2D eigenvalue weighted by Crippen LogP contribution is -2.63. The number of likely N-dealkylation sites (tertiary alicyclic amines) is 1. The SMILES string of the molecule is CN1CN[N+]2(CCCCCC2)C1CC1(c2cccc(-n3cc4c(C(F)(F)F)cc(CN5CC6(CC6)C5)cn4c3=O)c2)COC1. The third-order valence-electron chi connectivity index (χ3n) is 11.3. The fraction of sp³-hybridized carbons (Fsp3) is 0.606. The molecule has 6 heterocycles. The second kappa shape index (κ2) is 10.2. The smallest absolute Gasteiger partial charge is 0.379 e. The van der Waals surface area contributed by atoms with E-state index >= 15 is 0 Å². The molecule has 5 fully saturated rings. The van der Waals surface area contributed by atoms with Gasteiger partial charge in [0.1, 0.15) is 6.67 Å². The highest BCUT2D eigenvalue weighted by atomic mass is 19.4. The number of ether oxygens (including phenoxy) is 1. The summed E-state index contributed by atoms with van der Waals surface area (Å²) in [6.45, 7) is 6.51. The molecule has 1 N–H and O–H groups in total. The molecule has 1 saturated carbocycles. The van der Waals surface area contributed by atoms with Crippen molar-refractivity contribution in [3.05, 3.63) is 69.9 Å². The minimum Gasteiger partial charge on any atom is -0.379 e. The predicted octanol–water partition coefficient (Wildman–Crippen LogP) is 4.49. The van der Waals surface area contributed by atoms with E-state index in [-0.39, 0.29) is 10.9 Å². The molecule has 1 aliphatic carbocycles. The van der Waals surface area contributed by atoms with Gasteiger partial charge >= 0.3 is 11.9 Å². The van der Waals surface area contributed by atoms with Gasteiger partial charge in [-0.05, 0) is 80.3 Å². The first-order valence-electron chi connectivity index (χ1n) is 16.2. The Morgan fingerprint density at radius 2 is 1.80 bits per heavy atom. The summed E-state index contributed by atoms with van der Waals surface area (Å²) in [5.41, 5.74) is 4.79. The highest BCUT2D eigenvalue weighted by Gasteiger charge is 2.53. The maximum Gasteiger partial charge on any atom is 0.418 e. The lowest BCUT2D eigenvalue weighted by molar-refractivity contribution is -0.983. The van der Waals surface area contributed by atoms with Gasteiger partial charge in [0.25, 0.3) is 0 Å². The van der Waals surface area contributed by atoms with Crippen LogP contribution in [0.4, 0.5) is 13.2 Å².